The van der Waals surface area contributed by atoms with E-state index in [2.05, 4.69) is 5.32 Å². The van der Waals surface area contributed by atoms with Gasteiger partial charge in [0.25, 0.3) is 0 Å². The minimum Gasteiger partial charge on any atom is -0.340 e. The van der Waals surface area contributed by atoms with Gasteiger partial charge >= 0.3 is 0 Å². The Morgan fingerprint density at radius 2 is 1.74 bits per heavy atom. The number of carbonyl (C=O) groups excluding carboxylic acids is 2. The molecule has 1 aromatic rings. The molecule has 7 nitrogen and oxygen atoms in total. The van der Waals surface area contributed by atoms with Crippen molar-refractivity contribution in [3.63, 3.8) is 0 Å². The Hall–Kier alpha value is -1.77. The van der Waals surface area contributed by atoms with Gasteiger partial charge in [-0.05, 0) is 44.9 Å². The van der Waals surface area contributed by atoms with E-state index in [1.54, 1.807) is 4.90 Å². The van der Waals surface area contributed by atoms with Crippen molar-refractivity contribution in [2.75, 3.05) is 32.7 Å². The molecule has 1 atom stereocenters. The van der Waals surface area contributed by atoms with Crippen LogP contribution < -0.4 is 5.32 Å². The van der Waals surface area contributed by atoms with Crippen molar-refractivity contribution < 1.29 is 18.0 Å². The third-order valence-electron chi connectivity index (χ3n) is 5.26. The number of rotatable bonds is 4. The number of ketones is 1. The van der Waals surface area contributed by atoms with Crippen LogP contribution in [0.15, 0.2) is 29.2 Å². The van der Waals surface area contributed by atoms with E-state index >= 15 is 0 Å². The molecule has 8 heteroatoms. The Bertz CT molecular complexity index is 784. The summed E-state index contributed by atoms with van der Waals surface area (Å²) >= 11 is 0. The van der Waals surface area contributed by atoms with Crippen LogP contribution >= 0.6 is 0 Å². The highest BCUT2D eigenvalue weighted by atomic mass is 32.2. The number of hydrogen-bond donors (Lipinski definition) is 1. The van der Waals surface area contributed by atoms with Crippen LogP contribution in [-0.4, -0.2) is 68.1 Å². The number of amides is 1. The second kappa shape index (κ2) is 8.50. The molecule has 2 aliphatic rings. The van der Waals surface area contributed by atoms with Crippen LogP contribution in [0.25, 0.3) is 0 Å². The molecule has 0 aromatic heterocycles. The standard InChI is InChI=1S/C19H27N3O4S/c1-15(23)16-6-8-17(9-7-16)27(25,26)22-13-3-2-5-18(22)19(24)21-12-4-10-20-11-14-21/h6-9,18,20H,2-5,10-14H2,1H3. The van der Waals surface area contributed by atoms with Crippen LogP contribution in [-0.2, 0) is 14.8 Å². The molecule has 2 aliphatic heterocycles. The number of piperidine rings is 1. The fourth-order valence-corrected chi connectivity index (χ4v) is 5.36. The molecule has 0 spiro atoms. The van der Waals surface area contributed by atoms with Gasteiger partial charge in [0.2, 0.25) is 15.9 Å². The van der Waals surface area contributed by atoms with Gasteiger partial charge in [-0.1, -0.05) is 18.6 Å². The summed E-state index contributed by atoms with van der Waals surface area (Å²) in [5.41, 5.74) is 0.470. The van der Waals surface area contributed by atoms with E-state index in [4.69, 9.17) is 0 Å². The molecule has 2 heterocycles. The lowest BCUT2D eigenvalue weighted by atomic mass is 10.0. The van der Waals surface area contributed by atoms with Crippen molar-refractivity contribution in [3.8, 4) is 0 Å². The van der Waals surface area contributed by atoms with E-state index in [0.717, 1.165) is 32.4 Å². The van der Waals surface area contributed by atoms with Crippen LogP contribution in [0.3, 0.4) is 0 Å². The van der Waals surface area contributed by atoms with Gasteiger partial charge in [0.05, 0.1) is 4.90 Å². The summed E-state index contributed by atoms with van der Waals surface area (Å²) in [6.07, 6.45) is 3.01. The molecule has 27 heavy (non-hydrogen) atoms. The maximum absolute atomic E-state index is 13.2. The smallest absolute Gasteiger partial charge is 0.243 e. The highest BCUT2D eigenvalue weighted by Crippen LogP contribution is 2.27. The van der Waals surface area contributed by atoms with Crippen LogP contribution in [0.4, 0.5) is 0 Å². The zero-order valence-electron chi connectivity index (χ0n) is 15.7. The summed E-state index contributed by atoms with van der Waals surface area (Å²) in [6, 6.07) is 5.32. The van der Waals surface area contributed by atoms with Gasteiger partial charge in [0, 0.05) is 31.7 Å². The second-order valence-electron chi connectivity index (χ2n) is 7.14. The van der Waals surface area contributed by atoms with E-state index in [1.807, 2.05) is 0 Å². The van der Waals surface area contributed by atoms with E-state index in [0.29, 0.717) is 31.6 Å². The maximum Gasteiger partial charge on any atom is 0.243 e. The van der Waals surface area contributed by atoms with Gasteiger partial charge in [-0.3, -0.25) is 9.59 Å². The van der Waals surface area contributed by atoms with Gasteiger partial charge in [-0.15, -0.1) is 0 Å². The molecule has 0 aliphatic carbocycles. The molecule has 1 amide bonds. The molecule has 0 radical (unpaired) electrons. The Balaban J connectivity index is 1.84. The zero-order valence-corrected chi connectivity index (χ0v) is 16.5. The van der Waals surface area contributed by atoms with Gasteiger partial charge in [-0.25, -0.2) is 8.42 Å². The molecular weight excluding hydrogens is 366 g/mol. The van der Waals surface area contributed by atoms with Crippen molar-refractivity contribution in [2.45, 2.75) is 43.5 Å². The Kier molecular flexibility index (Phi) is 6.29. The summed E-state index contributed by atoms with van der Waals surface area (Å²) in [5, 5.41) is 3.26. The monoisotopic (exact) mass is 393 g/mol. The minimum absolute atomic E-state index is 0.0951. The first-order valence-corrected chi connectivity index (χ1v) is 11.0. The van der Waals surface area contributed by atoms with E-state index in [-0.39, 0.29) is 16.6 Å². The third kappa shape index (κ3) is 4.39. The fraction of sp³-hybridized carbons (Fsp3) is 0.579. The number of Topliss-reactive ketones (excluding diaryl/α,β-unsaturated/α-hetero) is 1. The van der Waals surface area contributed by atoms with Gasteiger partial charge in [0.15, 0.2) is 5.78 Å². The molecule has 3 rings (SSSR count). The zero-order chi connectivity index (χ0) is 19.4. The number of carbonyl (C=O) groups is 2. The normalized spacial score (nSPS) is 22.3. The number of hydrogen-bond acceptors (Lipinski definition) is 5. The van der Waals surface area contributed by atoms with E-state index < -0.39 is 16.1 Å². The molecule has 0 saturated carbocycles. The summed E-state index contributed by atoms with van der Waals surface area (Å²) in [7, 11) is -3.79. The number of nitrogens with zero attached hydrogens (tertiary/aromatic N) is 2. The molecule has 1 N–H and O–H groups in total. The second-order valence-corrected chi connectivity index (χ2v) is 9.03. The molecule has 1 unspecified atom stereocenters. The van der Waals surface area contributed by atoms with Crippen molar-refractivity contribution in [1.82, 2.24) is 14.5 Å². The molecule has 1 aromatic carbocycles. The van der Waals surface area contributed by atoms with Crippen molar-refractivity contribution in [2.24, 2.45) is 0 Å². The average Bonchev–Trinajstić information content (AvgIpc) is 2.97. The van der Waals surface area contributed by atoms with E-state index in [1.165, 1.54) is 35.5 Å². The third-order valence-corrected chi connectivity index (χ3v) is 7.18. The van der Waals surface area contributed by atoms with Crippen LogP contribution in [0.1, 0.15) is 43.0 Å². The summed E-state index contributed by atoms with van der Waals surface area (Å²) < 4.78 is 27.7. The first kappa shape index (κ1) is 20.0. The van der Waals surface area contributed by atoms with Crippen molar-refractivity contribution in [1.29, 1.82) is 0 Å². The summed E-state index contributed by atoms with van der Waals surface area (Å²) in [6.45, 7) is 4.66. The highest BCUT2D eigenvalue weighted by molar-refractivity contribution is 7.89. The lowest BCUT2D eigenvalue weighted by Crippen LogP contribution is -2.53. The number of nitrogens with one attached hydrogen (secondary N) is 1. The van der Waals surface area contributed by atoms with Crippen LogP contribution in [0.5, 0.6) is 0 Å². The SMILES string of the molecule is CC(=O)c1ccc(S(=O)(=O)N2CCCCC2C(=O)N2CCCNCC2)cc1. The summed E-state index contributed by atoms with van der Waals surface area (Å²) in [4.78, 5) is 26.4. The average molecular weight is 394 g/mol. The Labute approximate surface area is 160 Å². The van der Waals surface area contributed by atoms with Gasteiger partial charge in [-0.2, -0.15) is 4.31 Å². The molecule has 2 saturated heterocycles. The summed E-state index contributed by atoms with van der Waals surface area (Å²) in [5.74, 6) is -0.206. The largest absolute Gasteiger partial charge is 0.340 e. The number of sulfonamides is 1. The van der Waals surface area contributed by atoms with Gasteiger partial charge < -0.3 is 10.2 Å². The molecule has 2 fully saturated rings. The number of benzene rings is 1. The lowest BCUT2D eigenvalue weighted by Gasteiger charge is -2.36. The van der Waals surface area contributed by atoms with Crippen LogP contribution in [0.2, 0.25) is 0 Å². The topological polar surface area (TPSA) is 86.8 Å². The predicted molar refractivity (Wildman–Crippen MR) is 102 cm³/mol. The minimum atomic E-state index is -3.79. The van der Waals surface area contributed by atoms with Crippen LogP contribution in [0, 0.1) is 0 Å². The van der Waals surface area contributed by atoms with Crippen molar-refractivity contribution >= 4 is 21.7 Å². The molecular formula is C19H27N3O4S. The van der Waals surface area contributed by atoms with E-state index in [9.17, 15) is 18.0 Å². The first-order valence-electron chi connectivity index (χ1n) is 9.53. The van der Waals surface area contributed by atoms with Gasteiger partial charge in [0.1, 0.15) is 6.04 Å². The maximum atomic E-state index is 13.2. The molecule has 0 bridgehead atoms. The molecule has 148 valence electrons. The Morgan fingerprint density at radius 1 is 1.00 bits per heavy atom. The Morgan fingerprint density at radius 3 is 2.44 bits per heavy atom. The quantitative estimate of drug-likeness (QED) is 0.778. The lowest BCUT2D eigenvalue weighted by molar-refractivity contribution is -0.136. The predicted octanol–water partition coefficient (Wildman–Crippen LogP) is 1.25. The highest BCUT2D eigenvalue weighted by Gasteiger charge is 2.39. The fourth-order valence-electron chi connectivity index (χ4n) is 3.71. The first-order chi connectivity index (χ1) is 12.9. The van der Waals surface area contributed by atoms with Crippen molar-refractivity contribution in [3.05, 3.63) is 29.8 Å².